The molecule has 0 radical (unpaired) electrons. The van der Waals surface area contributed by atoms with E-state index in [1.807, 2.05) is 41.0 Å². The zero-order valence-electron chi connectivity index (χ0n) is 20.1. The number of aromatic nitrogens is 3. The van der Waals surface area contributed by atoms with Crippen LogP contribution in [0.3, 0.4) is 0 Å². The zero-order valence-corrected chi connectivity index (χ0v) is 22.4. The Labute approximate surface area is 224 Å². The highest BCUT2D eigenvalue weighted by Gasteiger charge is 2.17. The molecule has 0 spiro atoms. The van der Waals surface area contributed by atoms with Crippen LogP contribution in [0.5, 0.6) is 0 Å². The summed E-state index contributed by atoms with van der Waals surface area (Å²) in [7, 11) is 0. The number of thioether (sulfide) groups is 1. The van der Waals surface area contributed by atoms with Crippen LogP contribution in [0.4, 0.5) is 0 Å². The highest BCUT2D eigenvalue weighted by atomic mass is 35.5. The molecule has 0 atom stereocenters. The van der Waals surface area contributed by atoms with Crippen LogP contribution in [-0.4, -0.2) is 32.6 Å². The maximum atomic E-state index is 12.5. The summed E-state index contributed by atoms with van der Waals surface area (Å²) in [5.74, 6) is 0.502. The van der Waals surface area contributed by atoms with Gasteiger partial charge in [0.05, 0.1) is 12.0 Å². The fraction of sp³-hybridized carbons (Fsp3) is 0.185. The fourth-order valence-corrected chi connectivity index (χ4v) is 4.38. The van der Waals surface area contributed by atoms with Crippen molar-refractivity contribution in [3.63, 3.8) is 0 Å². The van der Waals surface area contributed by atoms with Crippen LogP contribution in [0.1, 0.15) is 31.9 Å². The minimum Gasteiger partial charge on any atom is -0.272 e. The standard InChI is InChI=1S/C27H25Cl2N5OS/c1-27(2,3)20-8-4-18(5-9-20)16-30-31-24(35)17-36-26-33-32-25(19-6-10-21(28)11-7-19)34(26)23-14-12-22(29)13-15-23/h4-16H,17H2,1-3H3,(H,31,35)/b30-16+. The van der Waals surface area contributed by atoms with Crippen molar-refractivity contribution < 1.29 is 4.79 Å². The third kappa shape index (κ3) is 6.55. The van der Waals surface area contributed by atoms with E-state index in [4.69, 9.17) is 23.2 Å². The third-order valence-electron chi connectivity index (χ3n) is 5.33. The molecule has 1 N–H and O–H groups in total. The Morgan fingerprint density at radius 2 is 1.56 bits per heavy atom. The fourth-order valence-electron chi connectivity index (χ4n) is 3.38. The highest BCUT2D eigenvalue weighted by Crippen LogP contribution is 2.29. The predicted molar refractivity (Wildman–Crippen MR) is 148 cm³/mol. The van der Waals surface area contributed by atoms with Gasteiger partial charge >= 0.3 is 0 Å². The van der Waals surface area contributed by atoms with Crippen molar-refractivity contribution in [1.82, 2.24) is 20.2 Å². The van der Waals surface area contributed by atoms with Crippen LogP contribution in [0.25, 0.3) is 17.1 Å². The topological polar surface area (TPSA) is 72.2 Å². The average Bonchev–Trinajstić information content (AvgIpc) is 3.27. The number of carbonyl (C=O) groups is 1. The molecule has 0 bridgehead atoms. The second kappa shape index (κ2) is 11.3. The summed E-state index contributed by atoms with van der Waals surface area (Å²) < 4.78 is 1.89. The van der Waals surface area contributed by atoms with Gasteiger partial charge in [-0.25, -0.2) is 5.43 Å². The normalized spacial score (nSPS) is 11.7. The summed E-state index contributed by atoms with van der Waals surface area (Å²) >= 11 is 13.4. The smallest absolute Gasteiger partial charge is 0.250 e. The number of nitrogens with zero attached hydrogens (tertiary/aromatic N) is 4. The van der Waals surface area contributed by atoms with E-state index < -0.39 is 0 Å². The van der Waals surface area contributed by atoms with Gasteiger partial charge in [-0.2, -0.15) is 5.10 Å². The number of hydrazone groups is 1. The Kier molecular flexibility index (Phi) is 8.14. The van der Waals surface area contributed by atoms with Gasteiger partial charge in [-0.1, -0.05) is 80.0 Å². The number of hydrogen-bond donors (Lipinski definition) is 1. The van der Waals surface area contributed by atoms with E-state index in [1.54, 1.807) is 30.5 Å². The van der Waals surface area contributed by atoms with Crippen molar-refractivity contribution in [3.8, 4) is 17.1 Å². The van der Waals surface area contributed by atoms with Crippen LogP contribution in [-0.2, 0) is 10.2 Å². The molecule has 4 rings (SSSR count). The van der Waals surface area contributed by atoms with Gasteiger partial charge in [0.1, 0.15) is 0 Å². The van der Waals surface area contributed by atoms with Crippen LogP contribution in [0, 0.1) is 0 Å². The lowest BCUT2D eigenvalue weighted by molar-refractivity contribution is -0.118. The molecule has 36 heavy (non-hydrogen) atoms. The molecule has 0 aliphatic rings. The lowest BCUT2D eigenvalue weighted by Gasteiger charge is -2.18. The number of benzene rings is 3. The van der Waals surface area contributed by atoms with E-state index in [-0.39, 0.29) is 17.1 Å². The van der Waals surface area contributed by atoms with Crippen molar-refractivity contribution >= 4 is 47.1 Å². The molecular formula is C27H25Cl2N5OS. The summed E-state index contributed by atoms with van der Waals surface area (Å²) in [5, 5.41) is 14.6. The molecule has 0 aliphatic carbocycles. The average molecular weight is 539 g/mol. The van der Waals surface area contributed by atoms with Gasteiger partial charge in [-0.3, -0.25) is 9.36 Å². The number of nitrogens with one attached hydrogen (secondary N) is 1. The van der Waals surface area contributed by atoms with E-state index in [9.17, 15) is 4.79 Å². The molecule has 0 fully saturated rings. The van der Waals surface area contributed by atoms with E-state index in [2.05, 4.69) is 53.6 Å². The molecule has 0 saturated heterocycles. The van der Waals surface area contributed by atoms with Gasteiger partial charge in [0, 0.05) is 21.3 Å². The predicted octanol–water partition coefficient (Wildman–Crippen LogP) is 6.78. The Balaban J connectivity index is 1.46. The van der Waals surface area contributed by atoms with Crippen molar-refractivity contribution in [2.24, 2.45) is 5.10 Å². The molecule has 1 amide bonds. The monoisotopic (exact) mass is 537 g/mol. The van der Waals surface area contributed by atoms with Crippen molar-refractivity contribution in [2.75, 3.05) is 5.75 Å². The number of hydrogen-bond acceptors (Lipinski definition) is 5. The second-order valence-electron chi connectivity index (χ2n) is 9.08. The van der Waals surface area contributed by atoms with Gasteiger partial charge in [0.15, 0.2) is 11.0 Å². The number of halogens is 2. The number of amides is 1. The second-order valence-corrected chi connectivity index (χ2v) is 10.9. The zero-order chi connectivity index (χ0) is 25.7. The van der Waals surface area contributed by atoms with Gasteiger partial charge in [0.25, 0.3) is 5.91 Å². The Hall–Kier alpha value is -3.13. The van der Waals surface area contributed by atoms with Crippen LogP contribution in [0.2, 0.25) is 10.0 Å². The van der Waals surface area contributed by atoms with Gasteiger partial charge < -0.3 is 0 Å². The van der Waals surface area contributed by atoms with E-state index in [0.29, 0.717) is 21.0 Å². The lowest BCUT2D eigenvalue weighted by Crippen LogP contribution is -2.20. The van der Waals surface area contributed by atoms with E-state index in [0.717, 1.165) is 16.8 Å². The third-order valence-corrected chi connectivity index (χ3v) is 6.77. The number of rotatable bonds is 7. The van der Waals surface area contributed by atoms with Crippen LogP contribution < -0.4 is 5.43 Å². The molecule has 4 aromatic rings. The molecule has 1 aromatic heterocycles. The molecule has 0 saturated carbocycles. The van der Waals surface area contributed by atoms with Crippen LogP contribution >= 0.6 is 35.0 Å². The van der Waals surface area contributed by atoms with E-state index in [1.165, 1.54) is 17.3 Å². The molecule has 0 aliphatic heterocycles. The first-order chi connectivity index (χ1) is 17.2. The molecule has 3 aromatic carbocycles. The largest absolute Gasteiger partial charge is 0.272 e. The van der Waals surface area contributed by atoms with Crippen LogP contribution in [0.15, 0.2) is 83.1 Å². The maximum absolute atomic E-state index is 12.5. The first kappa shape index (κ1) is 25.9. The first-order valence-electron chi connectivity index (χ1n) is 11.2. The first-order valence-corrected chi connectivity index (χ1v) is 13.0. The summed E-state index contributed by atoms with van der Waals surface area (Å²) in [5.41, 5.74) is 6.48. The number of carbonyl (C=O) groups excluding carboxylic acids is 1. The Morgan fingerprint density at radius 1 is 0.944 bits per heavy atom. The summed E-state index contributed by atoms with van der Waals surface area (Å²) in [4.78, 5) is 12.5. The molecule has 0 unspecified atom stereocenters. The molecule has 9 heteroatoms. The Morgan fingerprint density at radius 3 is 2.17 bits per heavy atom. The minimum atomic E-state index is -0.249. The highest BCUT2D eigenvalue weighted by molar-refractivity contribution is 7.99. The summed E-state index contributed by atoms with van der Waals surface area (Å²) in [6, 6.07) is 22.8. The van der Waals surface area contributed by atoms with Gasteiger partial charge in [0.2, 0.25) is 0 Å². The SMILES string of the molecule is CC(C)(C)c1ccc(/C=N/NC(=O)CSc2nnc(-c3ccc(Cl)cc3)n2-c2ccc(Cl)cc2)cc1. The Bertz CT molecular complexity index is 1360. The minimum absolute atomic E-state index is 0.0844. The summed E-state index contributed by atoms with van der Waals surface area (Å²) in [6.45, 7) is 6.50. The molecular weight excluding hydrogens is 513 g/mol. The molecule has 1 heterocycles. The van der Waals surface area contributed by atoms with Gasteiger partial charge in [-0.15, -0.1) is 10.2 Å². The van der Waals surface area contributed by atoms with Crippen molar-refractivity contribution in [3.05, 3.63) is 94.0 Å². The van der Waals surface area contributed by atoms with E-state index >= 15 is 0 Å². The maximum Gasteiger partial charge on any atom is 0.250 e. The van der Waals surface area contributed by atoms with Crippen molar-refractivity contribution in [2.45, 2.75) is 31.3 Å². The quantitative estimate of drug-likeness (QED) is 0.160. The lowest BCUT2D eigenvalue weighted by atomic mass is 9.87. The molecule has 6 nitrogen and oxygen atoms in total. The van der Waals surface area contributed by atoms with Gasteiger partial charge in [-0.05, 0) is 65.1 Å². The summed E-state index contributed by atoms with van der Waals surface area (Å²) in [6.07, 6.45) is 1.63. The molecule has 184 valence electrons. The van der Waals surface area contributed by atoms with Crippen molar-refractivity contribution in [1.29, 1.82) is 0 Å².